The van der Waals surface area contributed by atoms with Gasteiger partial charge in [0.25, 0.3) is 5.91 Å². The number of anilines is 1. The van der Waals surface area contributed by atoms with Crippen LogP contribution in [0, 0.1) is 0 Å². The molecule has 0 atom stereocenters. The average molecular weight is 477 g/mol. The van der Waals surface area contributed by atoms with Crippen molar-refractivity contribution in [3.05, 3.63) is 100 Å². The Kier molecular flexibility index (Phi) is 5.68. The van der Waals surface area contributed by atoms with E-state index in [1.807, 2.05) is 5.32 Å². The Hall–Kier alpha value is -4.08. The number of hydrogen-bond acceptors (Lipinski definition) is 3. The molecule has 0 spiro atoms. The number of hydrogen-bond donors (Lipinski definition) is 1. The highest BCUT2D eigenvalue weighted by atomic mass is 19.4. The second kappa shape index (κ2) is 8.36. The van der Waals surface area contributed by atoms with Gasteiger partial charge >= 0.3 is 18.0 Å². The number of carbonyl (C=O) groups excluding carboxylic acids is 1. The monoisotopic (exact) mass is 477 g/mol. The lowest BCUT2D eigenvalue weighted by Gasteiger charge is -2.15. The van der Waals surface area contributed by atoms with Crippen LogP contribution in [0.4, 0.5) is 32.0 Å². The smallest absolute Gasteiger partial charge is 0.416 e. The van der Waals surface area contributed by atoms with Crippen LogP contribution in [-0.2, 0) is 12.4 Å². The Bertz CT molecular complexity index is 1410. The first-order valence-corrected chi connectivity index (χ1v) is 9.67. The van der Waals surface area contributed by atoms with Gasteiger partial charge < -0.3 is 9.73 Å². The summed E-state index contributed by atoms with van der Waals surface area (Å²) >= 11 is 0. The van der Waals surface area contributed by atoms with Gasteiger partial charge in [0.1, 0.15) is 0 Å². The van der Waals surface area contributed by atoms with Gasteiger partial charge in [-0.15, -0.1) is 0 Å². The molecule has 0 unspecified atom stereocenters. The predicted octanol–water partition coefficient (Wildman–Crippen LogP) is 6.75. The van der Waals surface area contributed by atoms with E-state index in [0.29, 0.717) is 23.1 Å². The molecule has 34 heavy (non-hydrogen) atoms. The molecule has 4 rings (SSSR count). The molecule has 1 heterocycles. The van der Waals surface area contributed by atoms with Crippen LogP contribution in [0.3, 0.4) is 0 Å². The molecule has 0 aliphatic carbocycles. The van der Waals surface area contributed by atoms with Gasteiger partial charge in [-0.25, -0.2) is 4.79 Å². The van der Waals surface area contributed by atoms with Gasteiger partial charge in [-0.05, 0) is 29.8 Å². The van der Waals surface area contributed by atoms with Crippen molar-refractivity contribution in [3.63, 3.8) is 0 Å². The van der Waals surface area contributed by atoms with Crippen LogP contribution in [0.2, 0.25) is 0 Å². The lowest BCUT2D eigenvalue weighted by atomic mass is 9.98. The fraction of sp³-hybridized carbons (Fsp3) is 0.0833. The molecule has 0 aliphatic rings. The highest BCUT2D eigenvalue weighted by Crippen LogP contribution is 2.38. The maximum absolute atomic E-state index is 13.2. The summed E-state index contributed by atoms with van der Waals surface area (Å²) in [6.07, 6.45) is -10.2. The first-order valence-electron chi connectivity index (χ1n) is 9.67. The molecule has 0 aliphatic heterocycles. The number of amides is 1. The van der Waals surface area contributed by atoms with Gasteiger partial charge in [0.2, 0.25) is 5.76 Å². The van der Waals surface area contributed by atoms with Gasteiger partial charge in [-0.3, -0.25) is 4.79 Å². The minimum absolute atomic E-state index is 0.0544. The molecule has 0 saturated heterocycles. The van der Waals surface area contributed by atoms with Gasteiger partial charge in [0.15, 0.2) is 0 Å². The molecule has 10 heteroatoms. The standard InChI is InChI=1S/C24H13F6NO3/c25-23(26,27)14-10-15(24(28,29)30)12-16(11-14)31-21(32)20-19(13-6-2-1-3-7-13)17-8-4-5-9-18(17)22(33)34-20/h1-12H,(H,31,32). The fourth-order valence-electron chi connectivity index (χ4n) is 3.47. The van der Waals surface area contributed by atoms with Gasteiger partial charge in [-0.2, -0.15) is 26.3 Å². The Balaban J connectivity index is 1.88. The molecular weight excluding hydrogens is 464 g/mol. The number of nitrogens with one attached hydrogen (secondary N) is 1. The maximum atomic E-state index is 13.2. The number of fused-ring (bicyclic) bond motifs is 1. The summed E-state index contributed by atoms with van der Waals surface area (Å²) in [5.74, 6) is -1.74. The van der Waals surface area contributed by atoms with Crippen LogP contribution in [0.25, 0.3) is 21.9 Å². The van der Waals surface area contributed by atoms with Crippen molar-refractivity contribution in [2.75, 3.05) is 5.32 Å². The number of alkyl halides is 6. The molecule has 174 valence electrons. The summed E-state index contributed by atoms with van der Waals surface area (Å²) in [4.78, 5) is 25.5. The van der Waals surface area contributed by atoms with Crippen molar-refractivity contribution in [1.82, 2.24) is 0 Å². The molecular formula is C24H13F6NO3. The summed E-state index contributed by atoms with van der Waals surface area (Å²) in [5.41, 5.74) is -4.23. The average Bonchev–Trinajstić information content (AvgIpc) is 2.78. The van der Waals surface area contributed by atoms with Gasteiger partial charge in [0.05, 0.1) is 16.5 Å². The van der Waals surface area contributed by atoms with E-state index >= 15 is 0 Å². The zero-order chi connectivity index (χ0) is 24.7. The summed E-state index contributed by atoms with van der Waals surface area (Å²) < 4.78 is 84.2. The number of rotatable bonds is 3. The Morgan fingerprint density at radius 1 is 0.735 bits per heavy atom. The molecule has 4 nitrogen and oxygen atoms in total. The van der Waals surface area contributed by atoms with E-state index in [4.69, 9.17) is 4.42 Å². The minimum atomic E-state index is -5.09. The molecule has 4 aromatic rings. The molecule has 1 amide bonds. The van der Waals surface area contributed by atoms with E-state index in [9.17, 15) is 35.9 Å². The molecule has 1 aromatic heterocycles. The first kappa shape index (κ1) is 23.1. The summed E-state index contributed by atoms with van der Waals surface area (Å²) in [6, 6.07) is 15.1. The van der Waals surface area contributed by atoms with Gasteiger partial charge in [0, 0.05) is 16.6 Å². The summed E-state index contributed by atoms with van der Waals surface area (Å²) in [5, 5.41) is 2.49. The fourth-order valence-corrected chi connectivity index (χ4v) is 3.47. The molecule has 0 radical (unpaired) electrons. The SMILES string of the molecule is O=C(Nc1cc(C(F)(F)F)cc(C(F)(F)F)c1)c1oc(=O)c2ccccc2c1-c1ccccc1. The third-order valence-corrected chi connectivity index (χ3v) is 4.95. The van der Waals surface area contributed by atoms with Crippen LogP contribution in [0.5, 0.6) is 0 Å². The third kappa shape index (κ3) is 4.52. The number of halogens is 6. The summed E-state index contributed by atoms with van der Waals surface area (Å²) in [7, 11) is 0. The zero-order valence-electron chi connectivity index (χ0n) is 16.9. The lowest BCUT2D eigenvalue weighted by molar-refractivity contribution is -0.143. The van der Waals surface area contributed by atoms with Crippen LogP contribution in [-0.4, -0.2) is 5.91 Å². The zero-order valence-corrected chi connectivity index (χ0v) is 16.9. The lowest BCUT2D eigenvalue weighted by Crippen LogP contribution is -2.18. The number of carbonyl (C=O) groups is 1. The van der Waals surface area contributed by atoms with Crippen molar-refractivity contribution < 1.29 is 35.6 Å². The second-order valence-electron chi connectivity index (χ2n) is 7.25. The normalized spacial score (nSPS) is 12.1. The molecule has 0 bridgehead atoms. The highest BCUT2D eigenvalue weighted by Gasteiger charge is 2.37. The molecule has 0 saturated carbocycles. The highest BCUT2D eigenvalue weighted by molar-refractivity contribution is 6.11. The van der Waals surface area contributed by atoms with Crippen LogP contribution in [0.1, 0.15) is 21.7 Å². The quantitative estimate of drug-likeness (QED) is 0.332. The maximum Gasteiger partial charge on any atom is 0.416 e. The van der Waals surface area contributed by atoms with E-state index in [-0.39, 0.29) is 17.0 Å². The van der Waals surface area contributed by atoms with E-state index in [1.165, 1.54) is 6.07 Å². The van der Waals surface area contributed by atoms with Crippen LogP contribution < -0.4 is 10.9 Å². The Morgan fingerprint density at radius 3 is 1.82 bits per heavy atom. The van der Waals surface area contributed by atoms with Gasteiger partial charge in [-0.1, -0.05) is 48.5 Å². The van der Waals surface area contributed by atoms with Crippen LogP contribution in [0.15, 0.2) is 82.0 Å². The van der Waals surface area contributed by atoms with E-state index in [0.717, 1.165) is 0 Å². The Labute approximate surface area is 187 Å². The minimum Gasteiger partial charge on any atom is -0.416 e. The van der Waals surface area contributed by atoms with E-state index < -0.39 is 46.5 Å². The van der Waals surface area contributed by atoms with Crippen LogP contribution >= 0.6 is 0 Å². The topological polar surface area (TPSA) is 59.3 Å². The van der Waals surface area contributed by atoms with Crippen molar-refractivity contribution in [2.45, 2.75) is 12.4 Å². The number of benzene rings is 3. The molecule has 1 N–H and O–H groups in total. The van der Waals surface area contributed by atoms with Crippen molar-refractivity contribution in [3.8, 4) is 11.1 Å². The Morgan fingerprint density at radius 2 is 1.26 bits per heavy atom. The van der Waals surface area contributed by atoms with Crippen molar-refractivity contribution in [2.24, 2.45) is 0 Å². The summed E-state index contributed by atoms with van der Waals surface area (Å²) in [6.45, 7) is 0. The van der Waals surface area contributed by atoms with E-state index in [2.05, 4.69) is 0 Å². The largest absolute Gasteiger partial charge is 0.416 e. The second-order valence-corrected chi connectivity index (χ2v) is 7.25. The predicted molar refractivity (Wildman–Crippen MR) is 112 cm³/mol. The third-order valence-electron chi connectivity index (χ3n) is 4.95. The molecule has 0 fully saturated rings. The van der Waals surface area contributed by atoms with Crippen molar-refractivity contribution in [1.29, 1.82) is 0 Å². The molecule has 3 aromatic carbocycles. The first-order chi connectivity index (χ1) is 15.9. The van der Waals surface area contributed by atoms with E-state index in [1.54, 1.807) is 48.5 Å². The van der Waals surface area contributed by atoms with Crippen molar-refractivity contribution >= 4 is 22.4 Å².